The summed E-state index contributed by atoms with van der Waals surface area (Å²) in [5.74, 6) is 1.18. The molecule has 0 aliphatic heterocycles. The minimum atomic E-state index is -0.219. The van der Waals surface area contributed by atoms with Crippen molar-refractivity contribution in [3.05, 3.63) is 82.6 Å². The Hall–Kier alpha value is -3.25. The van der Waals surface area contributed by atoms with Crippen LogP contribution in [0.2, 0.25) is 5.02 Å². The van der Waals surface area contributed by atoms with Gasteiger partial charge in [-0.1, -0.05) is 23.7 Å². The van der Waals surface area contributed by atoms with Gasteiger partial charge < -0.3 is 20.4 Å². The lowest BCUT2D eigenvalue weighted by molar-refractivity contribution is 0.0948. The average Bonchev–Trinajstić information content (AvgIpc) is 3.20. The molecule has 0 aliphatic rings. The van der Waals surface area contributed by atoms with E-state index in [2.05, 4.69) is 16.0 Å². The molecule has 3 amide bonds. The molecule has 3 N–H and O–H groups in total. The zero-order chi connectivity index (χ0) is 21.5. The first-order valence-electron chi connectivity index (χ1n) is 9.67. The summed E-state index contributed by atoms with van der Waals surface area (Å²) in [5.41, 5.74) is 2.36. The van der Waals surface area contributed by atoms with E-state index in [1.807, 2.05) is 50.2 Å². The number of amides is 3. The van der Waals surface area contributed by atoms with E-state index in [0.717, 1.165) is 11.1 Å². The smallest absolute Gasteiger partial charge is 0.315 e. The van der Waals surface area contributed by atoms with Crippen LogP contribution in [-0.4, -0.2) is 18.0 Å². The molecule has 0 atom stereocenters. The largest absolute Gasteiger partial charge is 0.459 e. The number of halogens is 1. The number of furan rings is 1. The Morgan fingerprint density at radius 1 is 0.900 bits per heavy atom. The number of nitrogens with one attached hydrogen (secondary N) is 3. The van der Waals surface area contributed by atoms with E-state index in [0.29, 0.717) is 28.7 Å². The molecule has 7 heteroatoms. The first-order chi connectivity index (χ1) is 14.4. The first-order valence-corrected chi connectivity index (χ1v) is 10.0. The van der Waals surface area contributed by atoms with Crippen molar-refractivity contribution in [3.63, 3.8) is 0 Å². The van der Waals surface area contributed by atoms with Crippen molar-refractivity contribution in [2.45, 2.75) is 33.0 Å². The highest BCUT2D eigenvalue weighted by molar-refractivity contribution is 6.30. The summed E-state index contributed by atoms with van der Waals surface area (Å²) in [6.07, 6.45) is 0. The van der Waals surface area contributed by atoms with Gasteiger partial charge in [0.15, 0.2) is 0 Å². The molecular weight excluding hydrogens is 402 g/mol. The van der Waals surface area contributed by atoms with Crippen molar-refractivity contribution in [3.8, 4) is 11.3 Å². The summed E-state index contributed by atoms with van der Waals surface area (Å²) in [6.45, 7) is 4.47. The molecule has 0 radical (unpaired) electrons. The second-order valence-electron chi connectivity index (χ2n) is 7.13. The number of benzene rings is 2. The van der Waals surface area contributed by atoms with Crippen LogP contribution >= 0.6 is 11.6 Å². The third-order valence-corrected chi connectivity index (χ3v) is 4.55. The molecule has 1 heterocycles. The van der Waals surface area contributed by atoms with Gasteiger partial charge >= 0.3 is 6.03 Å². The number of hydrogen-bond donors (Lipinski definition) is 3. The van der Waals surface area contributed by atoms with E-state index < -0.39 is 0 Å². The molecule has 3 rings (SSSR count). The highest BCUT2D eigenvalue weighted by Gasteiger charge is 2.09. The van der Waals surface area contributed by atoms with E-state index >= 15 is 0 Å². The Bertz CT molecular complexity index is 995. The second-order valence-corrected chi connectivity index (χ2v) is 7.57. The Kier molecular flexibility index (Phi) is 7.14. The van der Waals surface area contributed by atoms with Gasteiger partial charge in [0.05, 0.1) is 6.54 Å². The Morgan fingerprint density at radius 2 is 1.60 bits per heavy atom. The predicted molar refractivity (Wildman–Crippen MR) is 117 cm³/mol. The SMILES string of the molecule is CC(C)NC(=O)NCc1ccc(C(=O)NCc2ccc(-c3ccc(Cl)cc3)o2)cc1. The standard InChI is InChI=1S/C23H24ClN3O3/c1-15(2)27-23(29)26-13-16-3-5-18(6-4-16)22(28)25-14-20-11-12-21(30-20)17-7-9-19(24)10-8-17/h3-12,15H,13-14H2,1-2H3,(H,25,28)(H2,26,27,29). The fourth-order valence-corrected chi connectivity index (χ4v) is 2.91. The summed E-state index contributed by atoms with van der Waals surface area (Å²) in [4.78, 5) is 24.0. The molecule has 0 saturated carbocycles. The number of carbonyl (C=O) groups excluding carboxylic acids is 2. The molecule has 0 fully saturated rings. The molecule has 2 aromatic carbocycles. The van der Waals surface area contributed by atoms with Gasteiger partial charge in [-0.25, -0.2) is 4.79 Å². The molecule has 0 bridgehead atoms. The van der Waals surface area contributed by atoms with Gasteiger partial charge in [-0.15, -0.1) is 0 Å². The van der Waals surface area contributed by atoms with E-state index in [1.54, 1.807) is 24.3 Å². The quantitative estimate of drug-likeness (QED) is 0.511. The fourth-order valence-electron chi connectivity index (χ4n) is 2.78. The minimum Gasteiger partial charge on any atom is -0.459 e. The Balaban J connectivity index is 1.50. The van der Waals surface area contributed by atoms with Crippen LogP contribution in [0, 0.1) is 0 Å². The molecule has 0 saturated heterocycles. The van der Waals surface area contributed by atoms with Crippen LogP contribution in [0.4, 0.5) is 4.79 Å². The van der Waals surface area contributed by atoms with Crippen LogP contribution in [0.1, 0.15) is 35.5 Å². The van der Waals surface area contributed by atoms with Crippen molar-refractivity contribution in [1.29, 1.82) is 0 Å². The van der Waals surface area contributed by atoms with Crippen LogP contribution in [0.25, 0.3) is 11.3 Å². The van der Waals surface area contributed by atoms with Gasteiger partial charge in [0.2, 0.25) is 0 Å². The van der Waals surface area contributed by atoms with E-state index in [1.165, 1.54) is 0 Å². The van der Waals surface area contributed by atoms with Crippen molar-refractivity contribution in [1.82, 2.24) is 16.0 Å². The molecule has 1 aromatic heterocycles. The van der Waals surface area contributed by atoms with Gasteiger partial charge in [-0.05, 0) is 67.9 Å². The maximum atomic E-state index is 12.4. The monoisotopic (exact) mass is 425 g/mol. The lowest BCUT2D eigenvalue weighted by Gasteiger charge is -2.10. The lowest BCUT2D eigenvalue weighted by atomic mass is 10.1. The Labute approximate surface area is 180 Å². The molecule has 0 aliphatic carbocycles. The maximum Gasteiger partial charge on any atom is 0.315 e. The van der Waals surface area contributed by atoms with Gasteiger partial charge in [-0.2, -0.15) is 0 Å². The van der Waals surface area contributed by atoms with E-state index in [4.69, 9.17) is 16.0 Å². The van der Waals surface area contributed by atoms with Gasteiger partial charge in [0.1, 0.15) is 11.5 Å². The van der Waals surface area contributed by atoms with E-state index in [9.17, 15) is 9.59 Å². The molecule has 0 spiro atoms. The second kappa shape index (κ2) is 9.98. The van der Waals surface area contributed by atoms with Gasteiger partial charge in [0, 0.05) is 28.7 Å². The zero-order valence-electron chi connectivity index (χ0n) is 16.9. The van der Waals surface area contributed by atoms with Crippen molar-refractivity contribution < 1.29 is 14.0 Å². The normalized spacial score (nSPS) is 10.7. The predicted octanol–water partition coefficient (Wildman–Crippen LogP) is 4.74. The molecular formula is C23H24ClN3O3. The fraction of sp³-hybridized carbons (Fsp3) is 0.217. The topological polar surface area (TPSA) is 83.4 Å². The van der Waals surface area contributed by atoms with Crippen LogP contribution in [0.5, 0.6) is 0 Å². The number of hydrogen-bond acceptors (Lipinski definition) is 3. The molecule has 3 aromatic rings. The van der Waals surface area contributed by atoms with Crippen LogP contribution in [-0.2, 0) is 13.1 Å². The minimum absolute atomic E-state index is 0.0764. The molecule has 0 unspecified atom stereocenters. The summed E-state index contributed by atoms with van der Waals surface area (Å²) < 4.78 is 5.79. The maximum absolute atomic E-state index is 12.4. The van der Waals surface area contributed by atoms with Gasteiger partial charge in [-0.3, -0.25) is 4.79 Å². The highest BCUT2D eigenvalue weighted by Crippen LogP contribution is 2.23. The third kappa shape index (κ3) is 6.12. The molecule has 156 valence electrons. The molecule has 30 heavy (non-hydrogen) atoms. The summed E-state index contributed by atoms with van der Waals surface area (Å²) in [5, 5.41) is 9.05. The third-order valence-electron chi connectivity index (χ3n) is 4.30. The summed E-state index contributed by atoms with van der Waals surface area (Å²) in [7, 11) is 0. The lowest BCUT2D eigenvalue weighted by Crippen LogP contribution is -2.39. The van der Waals surface area contributed by atoms with Crippen LogP contribution < -0.4 is 16.0 Å². The Morgan fingerprint density at radius 3 is 2.27 bits per heavy atom. The molecule has 6 nitrogen and oxygen atoms in total. The summed E-state index contributed by atoms with van der Waals surface area (Å²) >= 11 is 5.91. The number of rotatable bonds is 7. The van der Waals surface area contributed by atoms with Crippen molar-refractivity contribution in [2.24, 2.45) is 0 Å². The highest BCUT2D eigenvalue weighted by atomic mass is 35.5. The van der Waals surface area contributed by atoms with Crippen molar-refractivity contribution >= 4 is 23.5 Å². The van der Waals surface area contributed by atoms with Crippen LogP contribution in [0.15, 0.2) is 65.1 Å². The van der Waals surface area contributed by atoms with E-state index in [-0.39, 0.29) is 24.5 Å². The van der Waals surface area contributed by atoms with Gasteiger partial charge in [0.25, 0.3) is 5.91 Å². The number of carbonyl (C=O) groups is 2. The zero-order valence-corrected chi connectivity index (χ0v) is 17.6. The van der Waals surface area contributed by atoms with Crippen molar-refractivity contribution in [2.75, 3.05) is 0 Å². The first kappa shape index (κ1) is 21.5. The summed E-state index contributed by atoms with van der Waals surface area (Å²) in [6, 6.07) is 18.0. The number of urea groups is 1. The van der Waals surface area contributed by atoms with Crippen LogP contribution in [0.3, 0.4) is 0 Å². The average molecular weight is 426 g/mol.